The Labute approximate surface area is 103 Å². The fourth-order valence-electron chi connectivity index (χ4n) is 2.00. The van der Waals surface area contributed by atoms with Crippen molar-refractivity contribution in [2.45, 2.75) is 6.92 Å². The van der Waals surface area contributed by atoms with Crippen LogP contribution in [0.15, 0.2) is 12.4 Å². The van der Waals surface area contributed by atoms with Crippen molar-refractivity contribution < 1.29 is 0 Å². The van der Waals surface area contributed by atoms with Crippen molar-refractivity contribution in [2.75, 3.05) is 51.7 Å². The summed E-state index contributed by atoms with van der Waals surface area (Å²) in [6.45, 7) is 7.25. The third kappa shape index (κ3) is 2.56. The number of rotatable bonds is 3. The average Bonchev–Trinajstić information content (AvgIpc) is 2.40. The van der Waals surface area contributed by atoms with Crippen LogP contribution in [0.2, 0.25) is 0 Å². The van der Waals surface area contributed by atoms with E-state index in [1.54, 1.807) is 12.4 Å². The summed E-state index contributed by atoms with van der Waals surface area (Å²) >= 11 is 0. The van der Waals surface area contributed by atoms with E-state index < -0.39 is 0 Å². The SMILES string of the molecule is CC[N+](C)(C)c1nccnc1N1CCNCC1. The second-order valence-corrected chi connectivity index (χ2v) is 4.94. The van der Waals surface area contributed by atoms with Crippen LogP contribution in [-0.2, 0) is 0 Å². The molecule has 0 unspecified atom stereocenters. The number of aromatic nitrogens is 2. The van der Waals surface area contributed by atoms with E-state index in [1.807, 2.05) is 0 Å². The van der Waals surface area contributed by atoms with Crippen molar-refractivity contribution >= 4 is 11.6 Å². The summed E-state index contributed by atoms with van der Waals surface area (Å²) in [7, 11) is 4.35. The summed E-state index contributed by atoms with van der Waals surface area (Å²) in [4.78, 5) is 11.4. The molecule has 0 spiro atoms. The van der Waals surface area contributed by atoms with E-state index in [2.05, 4.69) is 41.2 Å². The molecule has 0 saturated carbocycles. The average molecular weight is 236 g/mol. The van der Waals surface area contributed by atoms with E-state index in [-0.39, 0.29) is 0 Å². The Kier molecular flexibility index (Phi) is 3.59. The Bertz CT molecular complexity index is 371. The summed E-state index contributed by atoms with van der Waals surface area (Å²) in [6, 6.07) is 0. The first-order chi connectivity index (χ1) is 8.15. The van der Waals surface area contributed by atoms with E-state index in [0.29, 0.717) is 0 Å². The molecule has 1 fully saturated rings. The van der Waals surface area contributed by atoms with Gasteiger partial charge >= 0.3 is 0 Å². The smallest absolute Gasteiger partial charge is 0.270 e. The molecule has 0 amide bonds. The lowest BCUT2D eigenvalue weighted by atomic mass is 10.3. The third-order valence-electron chi connectivity index (χ3n) is 3.44. The standard InChI is InChI=1S/C12H22N5/c1-4-17(2,3)12-11(14-5-6-15-12)16-9-7-13-8-10-16/h5-6,13H,4,7-10H2,1-3H3/q+1. The van der Waals surface area contributed by atoms with Crippen LogP contribution in [0.25, 0.3) is 0 Å². The van der Waals surface area contributed by atoms with E-state index >= 15 is 0 Å². The fraction of sp³-hybridized carbons (Fsp3) is 0.667. The van der Waals surface area contributed by atoms with Crippen LogP contribution in [0.3, 0.4) is 0 Å². The molecule has 0 atom stereocenters. The van der Waals surface area contributed by atoms with Crippen molar-refractivity contribution in [3.8, 4) is 0 Å². The molecule has 5 nitrogen and oxygen atoms in total. The summed E-state index contributed by atoms with van der Waals surface area (Å²) in [6.07, 6.45) is 3.58. The van der Waals surface area contributed by atoms with E-state index in [4.69, 9.17) is 0 Å². The zero-order valence-corrected chi connectivity index (χ0v) is 11.0. The maximum atomic E-state index is 4.54. The lowest BCUT2D eigenvalue weighted by molar-refractivity contribution is 0.407. The van der Waals surface area contributed by atoms with Crippen molar-refractivity contribution in [2.24, 2.45) is 0 Å². The van der Waals surface area contributed by atoms with Crippen LogP contribution in [0.5, 0.6) is 0 Å². The number of quaternary nitrogens is 1. The van der Waals surface area contributed by atoms with Gasteiger partial charge in [0.15, 0.2) is 0 Å². The molecule has 1 aliphatic rings. The lowest BCUT2D eigenvalue weighted by Crippen LogP contribution is -2.47. The van der Waals surface area contributed by atoms with E-state index in [9.17, 15) is 0 Å². The number of nitrogens with zero attached hydrogens (tertiary/aromatic N) is 4. The molecule has 2 rings (SSSR count). The van der Waals surface area contributed by atoms with Gasteiger partial charge < -0.3 is 10.2 Å². The number of anilines is 1. The predicted octanol–water partition coefficient (Wildman–Crippen LogP) is 0.473. The molecule has 94 valence electrons. The molecule has 1 aromatic heterocycles. The monoisotopic (exact) mass is 236 g/mol. The normalized spacial score (nSPS) is 17.2. The van der Waals surface area contributed by atoms with Gasteiger partial charge in [0, 0.05) is 32.4 Å². The number of piperazine rings is 1. The summed E-state index contributed by atoms with van der Waals surface area (Å²) in [5, 5.41) is 3.36. The maximum Gasteiger partial charge on any atom is 0.270 e. The Morgan fingerprint density at radius 3 is 2.53 bits per heavy atom. The van der Waals surface area contributed by atoms with Gasteiger partial charge in [0.1, 0.15) is 0 Å². The summed E-state index contributed by atoms with van der Waals surface area (Å²) in [5.74, 6) is 2.11. The Hall–Kier alpha value is -1.20. The van der Waals surface area contributed by atoms with Gasteiger partial charge in [0.2, 0.25) is 5.82 Å². The van der Waals surface area contributed by atoms with E-state index in [1.165, 1.54) is 0 Å². The molecule has 1 aliphatic heterocycles. The molecule has 5 heteroatoms. The number of nitrogens with one attached hydrogen (secondary N) is 1. The van der Waals surface area contributed by atoms with E-state index in [0.717, 1.165) is 48.8 Å². The fourth-order valence-corrected chi connectivity index (χ4v) is 2.00. The Morgan fingerprint density at radius 2 is 1.88 bits per heavy atom. The minimum absolute atomic E-state index is 0.771. The topological polar surface area (TPSA) is 41.1 Å². The molecule has 0 radical (unpaired) electrons. The molecular weight excluding hydrogens is 214 g/mol. The highest BCUT2D eigenvalue weighted by Gasteiger charge is 2.27. The number of hydrogen-bond donors (Lipinski definition) is 1. The first-order valence-electron chi connectivity index (χ1n) is 6.25. The third-order valence-corrected chi connectivity index (χ3v) is 3.44. The molecule has 1 N–H and O–H groups in total. The summed E-state index contributed by atoms with van der Waals surface area (Å²) < 4.78 is 0.771. The molecule has 1 aromatic rings. The molecule has 0 aliphatic carbocycles. The van der Waals surface area contributed by atoms with Crippen LogP contribution < -0.4 is 14.7 Å². The largest absolute Gasteiger partial charge is 0.348 e. The van der Waals surface area contributed by atoms with Crippen molar-refractivity contribution in [1.82, 2.24) is 19.8 Å². The predicted molar refractivity (Wildman–Crippen MR) is 71.3 cm³/mol. The van der Waals surface area contributed by atoms with Crippen molar-refractivity contribution in [1.29, 1.82) is 0 Å². The van der Waals surface area contributed by atoms with Gasteiger partial charge in [-0.05, 0) is 6.92 Å². The van der Waals surface area contributed by atoms with Crippen LogP contribution >= 0.6 is 0 Å². The Balaban J connectivity index is 2.33. The maximum absolute atomic E-state index is 4.54. The highest BCUT2D eigenvalue weighted by molar-refractivity contribution is 5.59. The quantitative estimate of drug-likeness (QED) is 0.775. The van der Waals surface area contributed by atoms with Crippen LogP contribution in [0.4, 0.5) is 11.6 Å². The molecule has 1 saturated heterocycles. The van der Waals surface area contributed by atoms with Crippen LogP contribution in [-0.4, -0.2) is 56.8 Å². The first-order valence-corrected chi connectivity index (χ1v) is 6.25. The minimum atomic E-state index is 0.771. The van der Waals surface area contributed by atoms with Gasteiger partial charge in [0.05, 0.1) is 26.8 Å². The van der Waals surface area contributed by atoms with Gasteiger partial charge in [-0.15, -0.1) is 0 Å². The van der Waals surface area contributed by atoms with Gasteiger partial charge in [-0.25, -0.2) is 4.98 Å². The van der Waals surface area contributed by atoms with Crippen molar-refractivity contribution in [3.05, 3.63) is 12.4 Å². The second-order valence-electron chi connectivity index (χ2n) is 4.94. The molecular formula is C12H22N5+. The second kappa shape index (κ2) is 4.98. The summed E-state index contributed by atoms with van der Waals surface area (Å²) in [5.41, 5.74) is 0. The molecule has 0 bridgehead atoms. The van der Waals surface area contributed by atoms with Gasteiger partial charge in [-0.1, -0.05) is 0 Å². The van der Waals surface area contributed by atoms with Crippen molar-refractivity contribution in [3.63, 3.8) is 0 Å². The molecule has 0 aromatic carbocycles. The zero-order valence-electron chi connectivity index (χ0n) is 11.0. The Morgan fingerprint density at radius 1 is 1.24 bits per heavy atom. The van der Waals surface area contributed by atoms with Crippen LogP contribution in [0.1, 0.15) is 6.92 Å². The van der Waals surface area contributed by atoms with Crippen LogP contribution in [0, 0.1) is 0 Å². The van der Waals surface area contributed by atoms with Gasteiger partial charge in [-0.3, -0.25) is 4.48 Å². The first kappa shape index (κ1) is 12.3. The highest BCUT2D eigenvalue weighted by atomic mass is 15.4. The van der Waals surface area contributed by atoms with Gasteiger partial charge in [-0.2, -0.15) is 4.98 Å². The molecule has 2 heterocycles. The minimum Gasteiger partial charge on any atom is -0.348 e. The zero-order chi connectivity index (χ0) is 12.3. The lowest BCUT2D eigenvalue weighted by Gasteiger charge is -2.33. The van der Waals surface area contributed by atoms with Gasteiger partial charge in [0.25, 0.3) is 5.82 Å². The number of hydrogen-bond acceptors (Lipinski definition) is 4. The highest BCUT2D eigenvalue weighted by Crippen LogP contribution is 2.27. The molecule has 17 heavy (non-hydrogen) atoms.